The molecule has 0 radical (unpaired) electrons. The SMILES string of the molecule is C=CCOc1cc(Br)ccc1/C=N/c1ccc(O)cc1. The first-order valence-electron chi connectivity index (χ1n) is 6.05. The number of hydrogen-bond donors (Lipinski definition) is 1. The van der Waals surface area contributed by atoms with Crippen LogP contribution < -0.4 is 4.74 Å². The second-order valence-corrected chi connectivity index (χ2v) is 4.97. The maximum atomic E-state index is 9.23. The lowest BCUT2D eigenvalue weighted by Gasteiger charge is -2.07. The number of hydrogen-bond acceptors (Lipinski definition) is 3. The molecule has 0 unspecified atom stereocenters. The molecule has 2 aromatic rings. The molecule has 0 saturated carbocycles. The van der Waals surface area contributed by atoms with Gasteiger partial charge in [-0.15, -0.1) is 0 Å². The van der Waals surface area contributed by atoms with E-state index in [-0.39, 0.29) is 5.75 Å². The summed E-state index contributed by atoms with van der Waals surface area (Å²) in [7, 11) is 0. The van der Waals surface area contributed by atoms with E-state index >= 15 is 0 Å². The Kier molecular flexibility index (Phi) is 4.96. The Morgan fingerprint density at radius 3 is 2.65 bits per heavy atom. The maximum absolute atomic E-state index is 9.23. The van der Waals surface area contributed by atoms with Crippen molar-refractivity contribution in [2.75, 3.05) is 6.61 Å². The average molecular weight is 332 g/mol. The molecule has 102 valence electrons. The fourth-order valence-electron chi connectivity index (χ4n) is 1.57. The van der Waals surface area contributed by atoms with E-state index in [1.165, 1.54) is 0 Å². The summed E-state index contributed by atoms with van der Waals surface area (Å²) in [5, 5.41) is 9.23. The molecule has 0 saturated heterocycles. The van der Waals surface area contributed by atoms with E-state index in [2.05, 4.69) is 27.5 Å². The zero-order chi connectivity index (χ0) is 14.4. The summed E-state index contributed by atoms with van der Waals surface area (Å²) >= 11 is 3.41. The first kappa shape index (κ1) is 14.3. The minimum absolute atomic E-state index is 0.225. The van der Waals surface area contributed by atoms with E-state index in [1.54, 1.807) is 36.6 Å². The Morgan fingerprint density at radius 2 is 1.95 bits per heavy atom. The summed E-state index contributed by atoms with van der Waals surface area (Å²) in [5.41, 5.74) is 1.64. The van der Waals surface area contributed by atoms with Crippen LogP contribution in [0.5, 0.6) is 11.5 Å². The van der Waals surface area contributed by atoms with Crippen molar-refractivity contribution in [3.05, 3.63) is 65.2 Å². The Balaban J connectivity index is 2.23. The fraction of sp³-hybridized carbons (Fsp3) is 0.0625. The van der Waals surface area contributed by atoms with E-state index in [1.807, 2.05) is 18.2 Å². The number of ether oxygens (including phenoxy) is 1. The van der Waals surface area contributed by atoms with Gasteiger partial charge in [-0.1, -0.05) is 28.6 Å². The van der Waals surface area contributed by atoms with Gasteiger partial charge in [-0.25, -0.2) is 0 Å². The summed E-state index contributed by atoms with van der Waals surface area (Å²) in [6, 6.07) is 12.4. The minimum atomic E-state index is 0.225. The molecule has 0 aliphatic rings. The molecule has 2 rings (SSSR count). The molecule has 0 heterocycles. The molecule has 0 aromatic heterocycles. The topological polar surface area (TPSA) is 41.8 Å². The molecule has 0 spiro atoms. The fourth-order valence-corrected chi connectivity index (χ4v) is 1.91. The van der Waals surface area contributed by atoms with Crippen LogP contribution in [-0.2, 0) is 0 Å². The first-order valence-corrected chi connectivity index (χ1v) is 6.84. The molecule has 1 N–H and O–H groups in total. The number of aliphatic imine (C=N–C) groups is 1. The Bertz CT molecular complexity index is 621. The molecule has 4 heteroatoms. The van der Waals surface area contributed by atoms with Gasteiger partial charge in [0.2, 0.25) is 0 Å². The highest BCUT2D eigenvalue weighted by atomic mass is 79.9. The largest absolute Gasteiger partial charge is 0.508 e. The van der Waals surface area contributed by atoms with Crippen molar-refractivity contribution < 1.29 is 9.84 Å². The molecular weight excluding hydrogens is 318 g/mol. The predicted molar refractivity (Wildman–Crippen MR) is 85.2 cm³/mol. The van der Waals surface area contributed by atoms with Crippen LogP contribution in [0.15, 0.2) is 64.6 Å². The van der Waals surface area contributed by atoms with Crippen molar-refractivity contribution in [2.24, 2.45) is 4.99 Å². The summed E-state index contributed by atoms with van der Waals surface area (Å²) in [6.45, 7) is 4.08. The van der Waals surface area contributed by atoms with Crippen LogP contribution >= 0.6 is 15.9 Å². The lowest BCUT2D eigenvalue weighted by atomic mass is 10.2. The van der Waals surface area contributed by atoms with Crippen LogP contribution in [-0.4, -0.2) is 17.9 Å². The summed E-state index contributed by atoms with van der Waals surface area (Å²) < 4.78 is 6.54. The van der Waals surface area contributed by atoms with Crippen molar-refractivity contribution >= 4 is 27.8 Å². The number of rotatable bonds is 5. The third-order valence-electron chi connectivity index (χ3n) is 2.53. The number of phenolic OH excluding ortho intramolecular Hbond substituents is 1. The van der Waals surface area contributed by atoms with Crippen LogP contribution in [0.1, 0.15) is 5.56 Å². The van der Waals surface area contributed by atoms with Gasteiger partial charge in [-0.05, 0) is 42.5 Å². The molecule has 0 aliphatic heterocycles. The van der Waals surface area contributed by atoms with Crippen LogP contribution in [0.4, 0.5) is 5.69 Å². The molecule has 0 aliphatic carbocycles. The first-order chi connectivity index (χ1) is 9.69. The number of phenols is 1. The van der Waals surface area contributed by atoms with Crippen LogP contribution in [0.3, 0.4) is 0 Å². The van der Waals surface area contributed by atoms with E-state index in [4.69, 9.17) is 4.74 Å². The van der Waals surface area contributed by atoms with Gasteiger partial charge in [-0.2, -0.15) is 0 Å². The highest BCUT2D eigenvalue weighted by Crippen LogP contribution is 2.24. The highest BCUT2D eigenvalue weighted by molar-refractivity contribution is 9.10. The second kappa shape index (κ2) is 6.91. The normalized spacial score (nSPS) is 10.7. The Labute approximate surface area is 126 Å². The van der Waals surface area contributed by atoms with E-state index < -0.39 is 0 Å². The molecular formula is C16H14BrNO2. The number of aromatic hydroxyl groups is 1. The molecule has 0 amide bonds. The molecule has 0 fully saturated rings. The summed E-state index contributed by atoms with van der Waals surface area (Å²) in [4.78, 5) is 4.36. The van der Waals surface area contributed by atoms with Crippen LogP contribution in [0.25, 0.3) is 0 Å². The smallest absolute Gasteiger partial charge is 0.129 e. The van der Waals surface area contributed by atoms with Gasteiger partial charge in [-0.3, -0.25) is 4.99 Å². The predicted octanol–water partition coefficient (Wildman–Crippen LogP) is 4.47. The Hall–Kier alpha value is -2.07. The van der Waals surface area contributed by atoms with Gasteiger partial charge >= 0.3 is 0 Å². The van der Waals surface area contributed by atoms with Crippen molar-refractivity contribution in [1.82, 2.24) is 0 Å². The minimum Gasteiger partial charge on any atom is -0.508 e. The zero-order valence-electron chi connectivity index (χ0n) is 10.8. The quantitative estimate of drug-likeness (QED) is 0.648. The standard InChI is InChI=1S/C16H14BrNO2/c1-2-9-20-16-10-13(17)4-3-12(16)11-18-14-5-7-15(19)8-6-14/h2-8,10-11,19H,1,9H2/b18-11+. The number of halogens is 1. The van der Waals surface area contributed by atoms with Crippen molar-refractivity contribution in [3.63, 3.8) is 0 Å². The van der Waals surface area contributed by atoms with Crippen molar-refractivity contribution in [1.29, 1.82) is 0 Å². The zero-order valence-corrected chi connectivity index (χ0v) is 12.4. The third kappa shape index (κ3) is 3.96. The monoisotopic (exact) mass is 331 g/mol. The Morgan fingerprint density at radius 1 is 1.20 bits per heavy atom. The lowest BCUT2D eigenvalue weighted by molar-refractivity contribution is 0.362. The van der Waals surface area contributed by atoms with Crippen LogP contribution in [0, 0.1) is 0 Å². The maximum Gasteiger partial charge on any atom is 0.129 e. The number of benzene rings is 2. The van der Waals surface area contributed by atoms with Gasteiger partial charge in [0.05, 0.1) is 5.69 Å². The molecule has 0 bridgehead atoms. The second-order valence-electron chi connectivity index (χ2n) is 4.06. The van der Waals surface area contributed by atoms with E-state index in [9.17, 15) is 5.11 Å². The van der Waals surface area contributed by atoms with Gasteiger partial charge in [0.1, 0.15) is 18.1 Å². The number of nitrogens with zero attached hydrogens (tertiary/aromatic N) is 1. The van der Waals surface area contributed by atoms with E-state index in [0.717, 1.165) is 21.5 Å². The van der Waals surface area contributed by atoms with Gasteiger partial charge < -0.3 is 9.84 Å². The highest BCUT2D eigenvalue weighted by Gasteiger charge is 2.02. The molecule has 2 aromatic carbocycles. The van der Waals surface area contributed by atoms with Gasteiger partial charge in [0, 0.05) is 16.3 Å². The molecule has 3 nitrogen and oxygen atoms in total. The van der Waals surface area contributed by atoms with Crippen molar-refractivity contribution in [2.45, 2.75) is 0 Å². The molecule has 0 atom stereocenters. The van der Waals surface area contributed by atoms with Gasteiger partial charge in [0.15, 0.2) is 0 Å². The summed E-state index contributed by atoms with van der Waals surface area (Å²) in [6.07, 6.45) is 3.43. The lowest BCUT2D eigenvalue weighted by Crippen LogP contribution is -1.96. The van der Waals surface area contributed by atoms with Crippen molar-refractivity contribution in [3.8, 4) is 11.5 Å². The molecule has 20 heavy (non-hydrogen) atoms. The van der Waals surface area contributed by atoms with Crippen LogP contribution in [0.2, 0.25) is 0 Å². The van der Waals surface area contributed by atoms with E-state index in [0.29, 0.717) is 6.61 Å². The third-order valence-corrected chi connectivity index (χ3v) is 3.03. The average Bonchev–Trinajstić information content (AvgIpc) is 2.46. The summed E-state index contributed by atoms with van der Waals surface area (Å²) in [5.74, 6) is 0.962. The van der Waals surface area contributed by atoms with Gasteiger partial charge in [0.25, 0.3) is 0 Å².